The van der Waals surface area contributed by atoms with Crippen molar-refractivity contribution in [2.24, 2.45) is 0 Å². The lowest BCUT2D eigenvalue weighted by Crippen LogP contribution is -2.39. The van der Waals surface area contributed by atoms with Crippen molar-refractivity contribution in [3.05, 3.63) is 28.2 Å². The third kappa shape index (κ3) is 3.97. The van der Waals surface area contributed by atoms with Crippen LogP contribution >= 0.6 is 27.7 Å². The zero-order chi connectivity index (χ0) is 13.8. The van der Waals surface area contributed by atoms with Crippen LogP contribution in [-0.2, 0) is 4.79 Å². The summed E-state index contributed by atoms with van der Waals surface area (Å²) in [6.07, 6.45) is 1.06. The van der Waals surface area contributed by atoms with Gasteiger partial charge in [0.05, 0.1) is 5.75 Å². The molecule has 1 heterocycles. The van der Waals surface area contributed by atoms with Crippen molar-refractivity contribution in [3.63, 3.8) is 0 Å². The first kappa shape index (κ1) is 14.9. The van der Waals surface area contributed by atoms with E-state index in [-0.39, 0.29) is 5.91 Å². The third-order valence-electron chi connectivity index (χ3n) is 3.46. The molecule has 2 rings (SSSR count). The Labute approximate surface area is 127 Å². The van der Waals surface area contributed by atoms with Gasteiger partial charge in [0.1, 0.15) is 0 Å². The SMILES string of the molecule is Cc1cc(Br)ccc1SCC(=O)N(C)C1CCNC1. The highest BCUT2D eigenvalue weighted by Crippen LogP contribution is 2.25. The van der Waals surface area contributed by atoms with E-state index in [0.29, 0.717) is 11.8 Å². The number of rotatable bonds is 4. The van der Waals surface area contributed by atoms with Gasteiger partial charge in [-0.1, -0.05) is 15.9 Å². The number of hydrogen-bond acceptors (Lipinski definition) is 3. The van der Waals surface area contributed by atoms with Crippen molar-refractivity contribution in [2.75, 3.05) is 25.9 Å². The Morgan fingerprint density at radius 2 is 2.37 bits per heavy atom. The van der Waals surface area contributed by atoms with Gasteiger partial charge in [0.25, 0.3) is 0 Å². The van der Waals surface area contributed by atoms with Crippen LogP contribution in [0.3, 0.4) is 0 Å². The highest BCUT2D eigenvalue weighted by Gasteiger charge is 2.22. The topological polar surface area (TPSA) is 32.3 Å². The Bertz CT molecular complexity index is 461. The Kier molecular flexibility index (Phi) is 5.30. The van der Waals surface area contributed by atoms with Crippen LogP contribution in [0.1, 0.15) is 12.0 Å². The first-order valence-corrected chi connectivity index (χ1v) is 8.21. The minimum absolute atomic E-state index is 0.209. The number of thioether (sulfide) groups is 1. The summed E-state index contributed by atoms with van der Waals surface area (Å²) in [7, 11) is 1.91. The minimum atomic E-state index is 0.209. The van der Waals surface area contributed by atoms with E-state index in [1.807, 2.05) is 18.0 Å². The average Bonchev–Trinajstić information content (AvgIpc) is 2.90. The summed E-state index contributed by atoms with van der Waals surface area (Å²) in [5.74, 6) is 0.719. The number of likely N-dealkylation sites (N-methyl/N-ethyl adjacent to an activating group) is 1. The van der Waals surface area contributed by atoms with Crippen LogP contribution in [0.5, 0.6) is 0 Å². The quantitative estimate of drug-likeness (QED) is 0.853. The summed E-state index contributed by atoms with van der Waals surface area (Å²) in [6.45, 7) is 4.01. The molecule has 1 atom stereocenters. The lowest BCUT2D eigenvalue weighted by Gasteiger charge is -2.23. The number of halogens is 1. The van der Waals surface area contributed by atoms with E-state index in [4.69, 9.17) is 0 Å². The van der Waals surface area contributed by atoms with Gasteiger partial charge in [0.2, 0.25) is 5.91 Å². The summed E-state index contributed by atoms with van der Waals surface area (Å²) in [6, 6.07) is 6.52. The summed E-state index contributed by atoms with van der Waals surface area (Å²) < 4.78 is 1.08. The van der Waals surface area contributed by atoms with Gasteiger partial charge in [-0.3, -0.25) is 4.79 Å². The first-order valence-electron chi connectivity index (χ1n) is 6.43. The fourth-order valence-corrected chi connectivity index (χ4v) is 3.60. The predicted octanol–water partition coefficient (Wildman–Crippen LogP) is 2.67. The van der Waals surface area contributed by atoms with E-state index in [1.165, 1.54) is 10.5 Å². The van der Waals surface area contributed by atoms with E-state index in [0.717, 1.165) is 24.0 Å². The van der Waals surface area contributed by atoms with Crippen molar-refractivity contribution >= 4 is 33.6 Å². The maximum Gasteiger partial charge on any atom is 0.232 e. The van der Waals surface area contributed by atoms with E-state index >= 15 is 0 Å². The Morgan fingerprint density at radius 1 is 1.58 bits per heavy atom. The average molecular weight is 343 g/mol. The van der Waals surface area contributed by atoms with Crippen LogP contribution in [0.25, 0.3) is 0 Å². The minimum Gasteiger partial charge on any atom is -0.341 e. The Balaban J connectivity index is 1.89. The molecule has 1 aliphatic rings. The Hall–Kier alpha value is -0.520. The zero-order valence-corrected chi connectivity index (χ0v) is 13.7. The fraction of sp³-hybridized carbons (Fsp3) is 0.500. The second kappa shape index (κ2) is 6.77. The normalized spacial score (nSPS) is 18.6. The molecule has 0 radical (unpaired) electrons. The van der Waals surface area contributed by atoms with Gasteiger partial charge in [0.15, 0.2) is 0 Å². The third-order valence-corrected chi connectivity index (χ3v) is 5.12. The predicted molar refractivity (Wildman–Crippen MR) is 83.6 cm³/mol. The molecule has 3 nitrogen and oxygen atoms in total. The second-order valence-electron chi connectivity index (χ2n) is 4.85. The lowest BCUT2D eigenvalue weighted by molar-refractivity contribution is -0.128. The molecular formula is C14H19BrN2OS. The van der Waals surface area contributed by atoms with Crippen molar-refractivity contribution in [1.82, 2.24) is 10.2 Å². The summed E-state index contributed by atoms with van der Waals surface area (Å²) in [5.41, 5.74) is 1.21. The summed E-state index contributed by atoms with van der Waals surface area (Å²) in [4.78, 5) is 15.2. The number of amides is 1. The standard InChI is InChI=1S/C14H19BrN2OS/c1-10-7-11(15)3-4-13(10)19-9-14(18)17(2)12-5-6-16-8-12/h3-4,7,12,16H,5-6,8-9H2,1-2H3. The molecule has 1 amide bonds. The van der Waals surface area contributed by atoms with E-state index < -0.39 is 0 Å². The molecule has 1 aromatic rings. The van der Waals surface area contributed by atoms with Crippen LogP contribution < -0.4 is 5.32 Å². The molecule has 1 saturated heterocycles. The number of nitrogens with zero attached hydrogens (tertiary/aromatic N) is 1. The van der Waals surface area contributed by atoms with Crippen molar-refractivity contribution < 1.29 is 4.79 Å². The second-order valence-corrected chi connectivity index (χ2v) is 6.78. The highest BCUT2D eigenvalue weighted by atomic mass is 79.9. The van der Waals surface area contributed by atoms with Gasteiger partial charge in [-0.15, -0.1) is 11.8 Å². The monoisotopic (exact) mass is 342 g/mol. The smallest absolute Gasteiger partial charge is 0.232 e. The molecule has 0 aromatic heterocycles. The molecule has 19 heavy (non-hydrogen) atoms. The molecule has 0 aliphatic carbocycles. The van der Waals surface area contributed by atoms with Gasteiger partial charge >= 0.3 is 0 Å². The van der Waals surface area contributed by atoms with Crippen molar-refractivity contribution in [1.29, 1.82) is 0 Å². The molecule has 1 fully saturated rings. The number of nitrogens with one attached hydrogen (secondary N) is 1. The number of benzene rings is 1. The van der Waals surface area contributed by atoms with Crippen LogP contribution in [0.2, 0.25) is 0 Å². The summed E-state index contributed by atoms with van der Waals surface area (Å²) >= 11 is 5.07. The van der Waals surface area contributed by atoms with Crippen molar-refractivity contribution in [3.8, 4) is 0 Å². The molecule has 0 bridgehead atoms. The van der Waals surface area contributed by atoms with E-state index in [1.54, 1.807) is 11.8 Å². The first-order chi connectivity index (χ1) is 9.08. The fourth-order valence-electron chi connectivity index (χ4n) is 2.19. The highest BCUT2D eigenvalue weighted by molar-refractivity contribution is 9.10. The molecule has 1 aromatic carbocycles. The largest absolute Gasteiger partial charge is 0.341 e. The number of hydrogen-bond donors (Lipinski definition) is 1. The maximum absolute atomic E-state index is 12.1. The molecule has 1 unspecified atom stereocenters. The molecular weight excluding hydrogens is 324 g/mol. The molecule has 104 valence electrons. The molecule has 1 N–H and O–H groups in total. The number of aryl methyl sites for hydroxylation is 1. The van der Waals surface area contributed by atoms with Gasteiger partial charge < -0.3 is 10.2 Å². The van der Waals surface area contributed by atoms with Crippen LogP contribution in [0.4, 0.5) is 0 Å². The van der Waals surface area contributed by atoms with Gasteiger partial charge in [-0.2, -0.15) is 0 Å². The van der Waals surface area contributed by atoms with E-state index in [2.05, 4.69) is 40.3 Å². The zero-order valence-electron chi connectivity index (χ0n) is 11.3. The van der Waals surface area contributed by atoms with Crippen molar-refractivity contribution in [2.45, 2.75) is 24.3 Å². The van der Waals surface area contributed by atoms with E-state index in [9.17, 15) is 4.79 Å². The summed E-state index contributed by atoms with van der Waals surface area (Å²) in [5, 5.41) is 3.29. The van der Waals surface area contributed by atoms with Gasteiger partial charge in [-0.05, 0) is 43.7 Å². The molecule has 0 saturated carbocycles. The van der Waals surface area contributed by atoms with Gasteiger partial charge in [0, 0.05) is 29.0 Å². The molecule has 1 aliphatic heterocycles. The van der Waals surface area contributed by atoms with Crippen LogP contribution in [-0.4, -0.2) is 42.7 Å². The molecule has 0 spiro atoms. The Morgan fingerprint density at radius 3 is 3.00 bits per heavy atom. The van der Waals surface area contributed by atoms with Crippen LogP contribution in [0.15, 0.2) is 27.6 Å². The molecule has 5 heteroatoms. The van der Waals surface area contributed by atoms with Crippen LogP contribution in [0, 0.1) is 6.92 Å². The number of carbonyl (C=O) groups excluding carboxylic acids is 1. The van der Waals surface area contributed by atoms with Gasteiger partial charge in [-0.25, -0.2) is 0 Å². The maximum atomic E-state index is 12.1. The number of carbonyl (C=O) groups is 1. The lowest BCUT2D eigenvalue weighted by atomic mass is 10.2.